The van der Waals surface area contributed by atoms with Crippen LogP contribution >= 0.6 is 0 Å². The van der Waals surface area contributed by atoms with Crippen molar-refractivity contribution in [3.8, 4) is 11.8 Å². The lowest BCUT2D eigenvalue weighted by Crippen LogP contribution is -2.32. The quantitative estimate of drug-likeness (QED) is 0.731. The van der Waals surface area contributed by atoms with Crippen LogP contribution in [0.1, 0.15) is 33.1 Å². The molecule has 1 atom stereocenters. The second-order valence-corrected chi connectivity index (χ2v) is 7.17. The maximum Gasteiger partial charge on any atom is 0.254 e. The summed E-state index contributed by atoms with van der Waals surface area (Å²) < 4.78 is 16.4. The second-order valence-electron chi connectivity index (χ2n) is 7.17. The van der Waals surface area contributed by atoms with Gasteiger partial charge in [-0.05, 0) is 29.8 Å². The molecule has 3 aromatic rings. The van der Waals surface area contributed by atoms with Crippen molar-refractivity contribution in [2.24, 2.45) is 0 Å². The van der Waals surface area contributed by atoms with Crippen LogP contribution in [0.4, 0.5) is 5.82 Å². The van der Waals surface area contributed by atoms with Crippen molar-refractivity contribution < 1.29 is 19.0 Å². The maximum absolute atomic E-state index is 13.2. The Bertz CT molecular complexity index is 1150. The van der Waals surface area contributed by atoms with Crippen LogP contribution in [0.2, 0.25) is 0 Å². The SMILES string of the molecule is COc1ccc2c(n1)OC[C@H]2N(C)C(=O)c1ccc2nc(N)c3c(c2c1)COC3. The summed E-state index contributed by atoms with van der Waals surface area (Å²) in [6.07, 6.45) is 0. The number of likely N-dealkylation sites (N-methyl/N-ethyl adjacent to an activating group) is 1. The van der Waals surface area contributed by atoms with E-state index in [1.165, 1.54) is 0 Å². The Morgan fingerprint density at radius 2 is 2.03 bits per heavy atom. The number of aromatic nitrogens is 2. The number of amides is 1. The van der Waals surface area contributed by atoms with E-state index >= 15 is 0 Å². The number of nitrogen functional groups attached to an aromatic ring is 1. The van der Waals surface area contributed by atoms with Crippen LogP contribution in [0.5, 0.6) is 11.8 Å². The predicted octanol–water partition coefficient (Wildman–Crippen LogP) is 2.46. The number of carbonyl (C=O) groups excluding carboxylic acids is 1. The molecule has 1 amide bonds. The standard InChI is InChI=1S/C21H20N4O4/c1-25(17-10-29-20-12(17)4-6-18(24-20)27-2)21(26)11-3-5-16-13(7-11)14-8-28-9-15(14)19(22)23-16/h3-7,17H,8-10H2,1-2H3,(H2,22,23)/t17-/m1/s1. The van der Waals surface area contributed by atoms with Gasteiger partial charge in [-0.15, -0.1) is 0 Å². The molecule has 2 aliphatic heterocycles. The van der Waals surface area contributed by atoms with Crippen LogP contribution < -0.4 is 15.2 Å². The van der Waals surface area contributed by atoms with Gasteiger partial charge in [0.25, 0.3) is 5.91 Å². The lowest BCUT2D eigenvalue weighted by Gasteiger charge is -2.24. The van der Waals surface area contributed by atoms with Crippen LogP contribution in [0.15, 0.2) is 30.3 Å². The molecule has 4 heterocycles. The molecule has 0 saturated carbocycles. The Kier molecular flexibility index (Phi) is 4.02. The normalized spacial score (nSPS) is 17.0. The smallest absolute Gasteiger partial charge is 0.254 e. The van der Waals surface area contributed by atoms with Crippen molar-refractivity contribution in [2.75, 3.05) is 26.5 Å². The fourth-order valence-electron chi connectivity index (χ4n) is 3.93. The number of pyridine rings is 2. The molecule has 0 aliphatic carbocycles. The summed E-state index contributed by atoms with van der Waals surface area (Å²) in [4.78, 5) is 23.7. The van der Waals surface area contributed by atoms with Gasteiger partial charge in [0.2, 0.25) is 11.8 Å². The highest BCUT2D eigenvalue weighted by Crippen LogP contribution is 2.36. The van der Waals surface area contributed by atoms with Crippen molar-refractivity contribution in [1.82, 2.24) is 14.9 Å². The number of benzene rings is 1. The van der Waals surface area contributed by atoms with E-state index in [4.69, 9.17) is 19.9 Å². The van der Waals surface area contributed by atoms with Crippen molar-refractivity contribution in [2.45, 2.75) is 19.3 Å². The average molecular weight is 392 g/mol. The number of rotatable bonds is 3. The van der Waals surface area contributed by atoms with Crippen molar-refractivity contribution in [3.63, 3.8) is 0 Å². The number of carbonyl (C=O) groups is 1. The third kappa shape index (κ3) is 2.75. The molecular formula is C21H20N4O4. The minimum atomic E-state index is -0.217. The van der Waals surface area contributed by atoms with Gasteiger partial charge >= 0.3 is 0 Å². The molecule has 0 bridgehead atoms. The number of hydrogen-bond acceptors (Lipinski definition) is 7. The van der Waals surface area contributed by atoms with E-state index in [1.54, 1.807) is 31.2 Å². The lowest BCUT2D eigenvalue weighted by molar-refractivity contribution is 0.0708. The molecule has 0 saturated heterocycles. The molecule has 0 radical (unpaired) electrons. The van der Waals surface area contributed by atoms with Crippen molar-refractivity contribution in [3.05, 3.63) is 52.6 Å². The molecule has 0 spiro atoms. The molecule has 1 aromatic carbocycles. The first-order valence-electron chi connectivity index (χ1n) is 9.30. The summed E-state index contributed by atoms with van der Waals surface area (Å²) in [7, 11) is 3.33. The topological polar surface area (TPSA) is 99.8 Å². The molecule has 8 heteroatoms. The van der Waals surface area contributed by atoms with E-state index in [-0.39, 0.29) is 11.9 Å². The van der Waals surface area contributed by atoms with Gasteiger partial charge in [0.15, 0.2) is 0 Å². The van der Waals surface area contributed by atoms with Gasteiger partial charge in [-0.25, -0.2) is 4.98 Å². The Morgan fingerprint density at radius 3 is 2.86 bits per heavy atom. The van der Waals surface area contributed by atoms with Gasteiger partial charge in [-0.2, -0.15) is 4.98 Å². The third-order valence-electron chi connectivity index (χ3n) is 5.57. The van der Waals surface area contributed by atoms with Crippen molar-refractivity contribution in [1.29, 1.82) is 0 Å². The average Bonchev–Trinajstić information content (AvgIpc) is 3.40. The first-order valence-corrected chi connectivity index (χ1v) is 9.30. The zero-order valence-electron chi connectivity index (χ0n) is 16.1. The molecular weight excluding hydrogens is 372 g/mol. The molecule has 8 nitrogen and oxygen atoms in total. The highest BCUT2D eigenvalue weighted by molar-refractivity contribution is 5.99. The molecule has 148 valence electrons. The number of anilines is 1. The van der Waals surface area contributed by atoms with Gasteiger partial charge in [0.1, 0.15) is 12.4 Å². The van der Waals surface area contributed by atoms with E-state index < -0.39 is 0 Å². The Labute approximate surface area is 167 Å². The summed E-state index contributed by atoms with van der Waals surface area (Å²) in [6, 6.07) is 8.92. The Hall–Kier alpha value is -3.39. The van der Waals surface area contributed by atoms with Crippen molar-refractivity contribution >= 4 is 22.6 Å². The van der Waals surface area contributed by atoms with Gasteiger partial charge < -0.3 is 24.8 Å². The van der Waals surface area contributed by atoms with E-state index in [0.29, 0.717) is 43.0 Å². The molecule has 2 aliphatic rings. The summed E-state index contributed by atoms with van der Waals surface area (Å²) in [6.45, 7) is 1.28. The maximum atomic E-state index is 13.2. The lowest BCUT2D eigenvalue weighted by atomic mass is 10.0. The second kappa shape index (κ2) is 6.59. The van der Waals surface area contributed by atoms with Crippen LogP contribution in [0.3, 0.4) is 0 Å². The van der Waals surface area contributed by atoms with Gasteiger partial charge in [-0.1, -0.05) is 0 Å². The zero-order valence-corrected chi connectivity index (χ0v) is 16.1. The predicted molar refractivity (Wildman–Crippen MR) is 106 cm³/mol. The molecule has 5 rings (SSSR count). The number of methoxy groups -OCH3 is 1. The summed E-state index contributed by atoms with van der Waals surface area (Å²) in [5, 5.41) is 0.903. The Morgan fingerprint density at radius 1 is 1.21 bits per heavy atom. The minimum Gasteiger partial charge on any atom is -0.481 e. The number of hydrogen-bond donors (Lipinski definition) is 1. The van der Waals surface area contributed by atoms with Gasteiger partial charge in [0.05, 0.1) is 31.9 Å². The van der Waals surface area contributed by atoms with Crippen LogP contribution in [-0.4, -0.2) is 41.5 Å². The number of nitrogens with two attached hydrogens (primary N) is 1. The number of fused-ring (bicyclic) bond motifs is 4. The summed E-state index contributed by atoms with van der Waals surface area (Å²) >= 11 is 0. The molecule has 0 unspecified atom stereocenters. The van der Waals surface area contributed by atoms with E-state index in [0.717, 1.165) is 27.6 Å². The Balaban J connectivity index is 1.48. The highest BCUT2D eigenvalue weighted by Gasteiger charge is 2.32. The monoisotopic (exact) mass is 392 g/mol. The molecule has 0 fully saturated rings. The fourth-order valence-corrected chi connectivity index (χ4v) is 3.93. The number of nitrogens with zero attached hydrogens (tertiary/aromatic N) is 3. The van der Waals surface area contributed by atoms with E-state index in [1.807, 2.05) is 18.2 Å². The van der Waals surface area contributed by atoms with Crippen LogP contribution in [0.25, 0.3) is 10.9 Å². The third-order valence-corrected chi connectivity index (χ3v) is 5.57. The van der Waals surface area contributed by atoms with Gasteiger partial charge in [-0.3, -0.25) is 4.79 Å². The largest absolute Gasteiger partial charge is 0.481 e. The summed E-state index contributed by atoms with van der Waals surface area (Å²) in [5.41, 5.74) is 10.2. The van der Waals surface area contributed by atoms with E-state index in [2.05, 4.69) is 9.97 Å². The van der Waals surface area contributed by atoms with Gasteiger partial charge in [0, 0.05) is 35.2 Å². The molecule has 2 N–H and O–H groups in total. The van der Waals surface area contributed by atoms with Crippen LogP contribution in [-0.2, 0) is 18.0 Å². The van der Waals surface area contributed by atoms with Crippen LogP contribution in [0, 0.1) is 0 Å². The first-order chi connectivity index (χ1) is 14.1. The fraction of sp³-hybridized carbons (Fsp3) is 0.286. The van der Waals surface area contributed by atoms with E-state index in [9.17, 15) is 4.79 Å². The minimum absolute atomic E-state index is 0.103. The molecule has 2 aromatic heterocycles. The summed E-state index contributed by atoms with van der Waals surface area (Å²) in [5.74, 6) is 1.37. The first kappa shape index (κ1) is 17.7. The molecule has 29 heavy (non-hydrogen) atoms. The zero-order chi connectivity index (χ0) is 20.1. The highest BCUT2D eigenvalue weighted by atomic mass is 16.5. The number of ether oxygens (including phenoxy) is 3.